The van der Waals surface area contributed by atoms with Gasteiger partial charge in [-0.2, -0.15) is 0 Å². The minimum absolute atomic E-state index is 0.540. The van der Waals surface area contributed by atoms with Gasteiger partial charge in [-0.05, 0) is 49.2 Å². The van der Waals surface area contributed by atoms with E-state index < -0.39 is 0 Å². The van der Waals surface area contributed by atoms with Gasteiger partial charge in [0.2, 0.25) is 0 Å². The van der Waals surface area contributed by atoms with Gasteiger partial charge in [-0.25, -0.2) is 0 Å². The maximum atomic E-state index is 3.29. The van der Waals surface area contributed by atoms with Crippen molar-refractivity contribution in [1.29, 1.82) is 0 Å². The van der Waals surface area contributed by atoms with Crippen molar-refractivity contribution in [2.24, 2.45) is 0 Å². The Hall–Kier alpha value is -0.860. The van der Waals surface area contributed by atoms with Crippen LogP contribution in [-0.4, -0.2) is 13.1 Å². The van der Waals surface area contributed by atoms with Gasteiger partial charge in [0.15, 0.2) is 0 Å². The number of nitrogens with one attached hydrogen (secondary N) is 1. The molecule has 0 saturated heterocycles. The highest BCUT2D eigenvalue weighted by Gasteiger charge is 2.07. The molecule has 0 aliphatic rings. The fourth-order valence-electron chi connectivity index (χ4n) is 1.84. The van der Waals surface area contributed by atoms with Crippen LogP contribution in [0.4, 0.5) is 0 Å². The third kappa shape index (κ3) is 2.06. The Morgan fingerprint density at radius 3 is 2.93 bits per heavy atom. The monoisotopic (exact) mass is 219 g/mol. The van der Waals surface area contributed by atoms with Gasteiger partial charge in [0, 0.05) is 10.7 Å². The highest BCUT2D eigenvalue weighted by molar-refractivity contribution is 7.17. The molecular formula is C13H17NS. The van der Waals surface area contributed by atoms with Crippen molar-refractivity contribution in [1.82, 2.24) is 5.32 Å². The molecule has 0 amide bonds. The minimum Gasteiger partial charge on any atom is -0.317 e. The molecule has 1 unspecified atom stereocenters. The average molecular weight is 219 g/mol. The van der Waals surface area contributed by atoms with E-state index in [1.165, 1.54) is 21.2 Å². The molecule has 0 aliphatic carbocycles. The number of hydrogen-bond acceptors (Lipinski definition) is 2. The first kappa shape index (κ1) is 10.7. The van der Waals surface area contributed by atoms with E-state index in [2.05, 4.69) is 42.7 Å². The van der Waals surface area contributed by atoms with Crippen LogP contribution in [0.25, 0.3) is 10.1 Å². The number of aryl methyl sites for hydroxylation is 1. The zero-order valence-corrected chi connectivity index (χ0v) is 10.3. The molecule has 2 rings (SSSR count). The van der Waals surface area contributed by atoms with Gasteiger partial charge < -0.3 is 5.32 Å². The van der Waals surface area contributed by atoms with Gasteiger partial charge >= 0.3 is 0 Å². The third-order valence-electron chi connectivity index (χ3n) is 2.89. The van der Waals surface area contributed by atoms with E-state index in [1.807, 2.05) is 18.4 Å². The summed E-state index contributed by atoms with van der Waals surface area (Å²) in [5, 5.41) is 6.96. The van der Waals surface area contributed by atoms with E-state index in [1.54, 1.807) is 0 Å². The van der Waals surface area contributed by atoms with E-state index in [9.17, 15) is 0 Å². The van der Waals surface area contributed by atoms with E-state index in [0.717, 1.165) is 6.42 Å². The van der Waals surface area contributed by atoms with Gasteiger partial charge in [-0.3, -0.25) is 0 Å². The number of hydrogen-bond donors (Lipinski definition) is 1. The minimum atomic E-state index is 0.540. The lowest BCUT2D eigenvalue weighted by molar-refractivity contribution is 0.611. The summed E-state index contributed by atoms with van der Waals surface area (Å²) in [6.45, 7) is 4.41. The molecule has 1 aromatic heterocycles. The molecule has 0 radical (unpaired) electrons. The molecule has 0 aliphatic heterocycles. The molecule has 1 heterocycles. The van der Waals surface area contributed by atoms with Crippen LogP contribution in [0.2, 0.25) is 0 Å². The van der Waals surface area contributed by atoms with Crippen molar-refractivity contribution in [3.63, 3.8) is 0 Å². The first-order valence-electron chi connectivity index (χ1n) is 5.35. The van der Waals surface area contributed by atoms with Crippen molar-refractivity contribution in [2.45, 2.75) is 26.3 Å². The molecule has 2 heteroatoms. The van der Waals surface area contributed by atoms with E-state index in [4.69, 9.17) is 0 Å². The Balaban J connectivity index is 2.43. The second-order valence-electron chi connectivity index (χ2n) is 4.11. The molecule has 1 atom stereocenters. The lowest BCUT2D eigenvalue weighted by Crippen LogP contribution is -2.23. The smallest absolute Gasteiger partial charge is 0.0378 e. The van der Waals surface area contributed by atoms with E-state index in [0.29, 0.717) is 6.04 Å². The van der Waals surface area contributed by atoms with Crippen molar-refractivity contribution in [2.75, 3.05) is 7.05 Å². The molecule has 0 fully saturated rings. The Labute approximate surface area is 95.1 Å². The number of rotatable bonds is 3. The van der Waals surface area contributed by atoms with Gasteiger partial charge in [0.25, 0.3) is 0 Å². The molecule has 0 bridgehead atoms. The van der Waals surface area contributed by atoms with Crippen LogP contribution in [0, 0.1) is 6.92 Å². The van der Waals surface area contributed by atoms with E-state index >= 15 is 0 Å². The second kappa shape index (κ2) is 4.33. The zero-order chi connectivity index (χ0) is 10.8. The second-order valence-corrected chi connectivity index (χ2v) is 4.99. The molecule has 0 saturated carbocycles. The van der Waals surface area contributed by atoms with Crippen molar-refractivity contribution < 1.29 is 0 Å². The van der Waals surface area contributed by atoms with Crippen LogP contribution in [0.1, 0.15) is 18.1 Å². The normalized spacial score (nSPS) is 13.3. The number of likely N-dealkylation sites (N-methyl/N-ethyl adjacent to an activating group) is 1. The summed E-state index contributed by atoms with van der Waals surface area (Å²) in [6, 6.07) is 7.17. The summed E-state index contributed by atoms with van der Waals surface area (Å²) in [7, 11) is 2.02. The highest BCUT2D eigenvalue weighted by Crippen LogP contribution is 2.29. The molecular weight excluding hydrogens is 202 g/mol. The maximum absolute atomic E-state index is 3.29. The molecule has 0 spiro atoms. The fourth-order valence-corrected chi connectivity index (χ4v) is 2.92. The summed E-state index contributed by atoms with van der Waals surface area (Å²) in [4.78, 5) is 0. The predicted octanol–water partition coefficient (Wildman–Crippen LogP) is 3.36. The van der Waals surface area contributed by atoms with E-state index in [-0.39, 0.29) is 0 Å². The third-order valence-corrected chi connectivity index (χ3v) is 4.08. The number of thiophene rings is 1. The van der Waals surface area contributed by atoms with Crippen molar-refractivity contribution in [3.05, 3.63) is 34.7 Å². The summed E-state index contributed by atoms with van der Waals surface area (Å²) in [6.07, 6.45) is 1.10. The topological polar surface area (TPSA) is 12.0 Å². The maximum Gasteiger partial charge on any atom is 0.0378 e. The van der Waals surface area contributed by atoms with Crippen LogP contribution in [-0.2, 0) is 6.42 Å². The van der Waals surface area contributed by atoms with Crippen LogP contribution < -0.4 is 5.32 Å². The van der Waals surface area contributed by atoms with Gasteiger partial charge in [0.1, 0.15) is 0 Å². The predicted molar refractivity (Wildman–Crippen MR) is 68.8 cm³/mol. The van der Waals surface area contributed by atoms with Crippen LogP contribution in [0.15, 0.2) is 23.6 Å². The van der Waals surface area contributed by atoms with Crippen LogP contribution >= 0.6 is 11.3 Å². The summed E-state index contributed by atoms with van der Waals surface area (Å²) in [5.74, 6) is 0. The van der Waals surface area contributed by atoms with Crippen LogP contribution in [0.3, 0.4) is 0 Å². The summed E-state index contributed by atoms with van der Waals surface area (Å²) in [5.41, 5.74) is 2.86. The Morgan fingerprint density at radius 2 is 2.20 bits per heavy atom. The lowest BCUT2D eigenvalue weighted by Gasteiger charge is -2.10. The largest absolute Gasteiger partial charge is 0.317 e. The zero-order valence-electron chi connectivity index (χ0n) is 9.50. The van der Waals surface area contributed by atoms with Crippen LogP contribution in [0.5, 0.6) is 0 Å². The molecule has 15 heavy (non-hydrogen) atoms. The first-order valence-corrected chi connectivity index (χ1v) is 6.23. The quantitative estimate of drug-likeness (QED) is 0.834. The Kier molecular flexibility index (Phi) is 3.08. The lowest BCUT2D eigenvalue weighted by atomic mass is 10.0. The fraction of sp³-hybridized carbons (Fsp3) is 0.385. The molecule has 2 aromatic rings. The highest BCUT2D eigenvalue weighted by atomic mass is 32.1. The average Bonchev–Trinajstić information content (AvgIpc) is 2.62. The standard InChI is InChI=1S/C13H17NS/c1-9-8-15-13-11(7-10(2)14-3)5-4-6-12(9)13/h4-6,8,10,14H,7H2,1-3H3. The Bertz CT molecular complexity index is 459. The van der Waals surface area contributed by atoms with Gasteiger partial charge in [-0.1, -0.05) is 18.2 Å². The number of benzene rings is 1. The van der Waals surface area contributed by atoms with Gasteiger partial charge in [-0.15, -0.1) is 11.3 Å². The molecule has 1 nitrogen and oxygen atoms in total. The summed E-state index contributed by atoms with van der Waals surface area (Å²) >= 11 is 1.87. The molecule has 1 N–H and O–H groups in total. The first-order chi connectivity index (χ1) is 7.22. The Morgan fingerprint density at radius 1 is 1.40 bits per heavy atom. The number of fused-ring (bicyclic) bond motifs is 1. The molecule has 1 aromatic carbocycles. The summed E-state index contributed by atoms with van der Waals surface area (Å²) < 4.78 is 1.46. The van der Waals surface area contributed by atoms with Gasteiger partial charge in [0.05, 0.1) is 0 Å². The molecule has 80 valence electrons. The van der Waals surface area contributed by atoms with Crippen molar-refractivity contribution >= 4 is 21.4 Å². The van der Waals surface area contributed by atoms with Crippen molar-refractivity contribution in [3.8, 4) is 0 Å². The SMILES string of the molecule is CNC(C)Cc1cccc2c(C)csc12.